The molecule has 1 atom stereocenters. The molecule has 0 radical (unpaired) electrons. The fourth-order valence-corrected chi connectivity index (χ4v) is 2.63. The number of hydrogen-bond donors (Lipinski definition) is 2. The highest BCUT2D eigenvalue weighted by Crippen LogP contribution is 2.22. The van der Waals surface area contributed by atoms with E-state index in [-0.39, 0.29) is 0 Å². The second kappa shape index (κ2) is 6.77. The number of aryl methyl sites for hydroxylation is 1. The number of aliphatic hydroxyl groups excluding tert-OH is 1. The quantitative estimate of drug-likeness (QED) is 0.870. The van der Waals surface area contributed by atoms with Crippen molar-refractivity contribution in [2.24, 2.45) is 0 Å². The maximum Gasteiger partial charge on any atom is 0.119 e. The third-order valence-corrected chi connectivity index (χ3v) is 3.48. The number of methoxy groups -OCH3 is 1. The van der Waals surface area contributed by atoms with Gasteiger partial charge in [-0.25, -0.2) is 0 Å². The normalized spacial score (nSPS) is 12.0. The van der Waals surface area contributed by atoms with Crippen LogP contribution in [-0.2, 0) is 0 Å². The SMILES string of the molecule is COc1cccc(C(O)CNc2cc(C)cc(Br)c2)c1. The van der Waals surface area contributed by atoms with Gasteiger partial charge in [-0.1, -0.05) is 28.1 Å². The van der Waals surface area contributed by atoms with E-state index in [9.17, 15) is 5.11 Å². The Morgan fingerprint density at radius 2 is 2.05 bits per heavy atom. The maximum atomic E-state index is 10.2. The molecular formula is C16H18BrNO2. The predicted molar refractivity (Wildman–Crippen MR) is 85.3 cm³/mol. The first-order chi connectivity index (χ1) is 9.58. The molecule has 0 saturated heterocycles. The number of anilines is 1. The van der Waals surface area contributed by atoms with Crippen molar-refractivity contribution in [1.82, 2.24) is 0 Å². The second-order valence-electron chi connectivity index (χ2n) is 4.69. The Morgan fingerprint density at radius 1 is 1.25 bits per heavy atom. The lowest BCUT2D eigenvalue weighted by Gasteiger charge is -2.14. The van der Waals surface area contributed by atoms with Gasteiger partial charge in [-0.05, 0) is 48.4 Å². The maximum absolute atomic E-state index is 10.2. The zero-order chi connectivity index (χ0) is 14.5. The van der Waals surface area contributed by atoms with E-state index in [1.807, 2.05) is 49.4 Å². The number of rotatable bonds is 5. The summed E-state index contributed by atoms with van der Waals surface area (Å²) in [7, 11) is 1.62. The number of nitrogens with one attached hydrogen (secondary N) is 1. The lowest BCUT2D eigenvalue weighted by molar-refractivity contribution is 0.191. The average molecular weight is 336 g/mol. The van der Waals surface area contributed by atoms with Gasteiger partial charge in [-0.3, -0.25) is 0 Å². The second-order valence-corrected chi connectivity index (χ2v) is 5.61. The van der Waals surface area contributed by atoms with Crippen LogP contribution in [0.15, 0.2) is 46.9 Å². The Hall–Kier alpha value is -1.52. The fraction of sp³-hybridized carbons (Fsp3) is 0.250. The molecule has 3 nitrogen and oxygen atoms in total. The van der Waals surface area contributed by atoms with Gasteiger partial charge in [0.25, 0.3) is 0 Å². The molecule has 2 rings (SSSR count). The highest BCUT2D eigenvalue weighted by molar-refractivity contribution is 9.10. The van der Waals surface area contributed by atoms with Gasteiger partial charge in [-0.15, -0.1) is 0 Å². The number of hydrogen-bond acceptors (Lipinski definition) is 3. The van der Waals surface area contributed by atoms with Crippen molar-refractivity contribution in [3.8, 4) is 5.75 Å². The molecule has 106 valence electrons. The predicted octanol–water partition coefficient (Wildman–Crippen LogP) is 3.91. The highest BCUT2D eigenvalue weighted by Gasteiger charge is 2.08. The highest BCUT2D eigenvalue weighted by atomic mass is 79.9. The fourth-order valence-electron chi connectivity index (χ4n) is 2.02. The molecule has 0 spiro atoms. The Bertz CT molecular complexity index is 566. The molecule has 0 saturated carbocycles. The molecule has 20 heavy (non-hydrogen) atoms. The van der Waals surface area contributed by atoms with Gasteiger partial charge in [0.05, 0.1) is 13.2 Å². The van der Waals surface area contributed by atoms with Crippen LogP contribution in [0, 0.1) is 6.92 Å². The van der Waals surface area contributed by atoms with Crippen LogP contribution in [0.4, 0.5) is 5.69 Å². The largest absolute Gasteiger partial charge is 0.497 e. The summed E-state index contributed by atoms with van der Waals surface area (Å²) in [6, 6.07) is 13.6. The Labute approximate surface area is 127 Å². The zero-order valence-electron chi connectivity index (χ0n) is 11.6. The standard InChI is InChI=1S/C16H18BrNO2/c1-11-6-13(17)9-14(7-11)18-10-16(19)12-4-3-5-15(8-12)20-2/h3-9,16,18-19H,10H2,1-2H3. The van der Waals surface area contributed by atoms with Crippen LogP contribution in [0.3, 0.4) is 0 Å². The van der Waals surface area contributed by atoms with Crippen LogP contribution in [0.5, 0.6) is 5.75 Å². The summed E-state index contributed by atoms with van der Waals surface area (Å²) in [6.07, 6.45) is -0.579. The summed E-state index contributed by atoms with van der Waals surface area (Å²) in [5.74, 6) is 0.750. The van der Waals surface area contributed by atoms with Crippen molar-refractivity contribution >= 4 is 21.6 Å². The first-order valence-electron chi connectivity index (χ1n) is 6.41. The Balaban J connectivity index is 2.02. The van der Waals surface area contributed by atoms with Gasteiger partial charge < -0.3 is 15.2 Å². The van der Waals surface area contributed by atoms with Gasteiger partial charge >= 0.3 is 0 Å². The molecule has 2 aromatic carbocycles. The van der Waals surface area contributed by atoms with E-state index in [0.717, 1.165) is 27.0 Å². The van der Waals surface area contributed by atoms with Gasteiger partial charge in [0.1, 0.15) is 5.75 Å². The lowest BCUT2D eigenvalue weighted by atomic mass is 10.1. The Morgan fingerprint density at radius 3 is 2.75 bits per heavy atom. The number of halogens is 1. The molecule has 0 heterocycles. The van der Waals surface area contributed by atoms with Crippen LogP contribution in [0.25, 0.3) is 0 Å². The first-order valence-corrected chi connectivity index (χ1v) is 7.21. The van der Waals surface area contributed by atoms with Crippen LogP contribution in [0.2, 0.25) is 0 Å². The van der Waals surface area contributed by atoms with Crippen molar-refractivity contribution < 1.29 is 9.84 Å². The third-order valence-electron chi connectivity index (χ3n) is 3.02. The molecule has 0 aliphatic rings. The smallest absolute Gasteiger partial charge is 0.119 e. The molecule has 1 unspecified atom stereocenters. The van der Waals surface area contributed by atoms with Crippen molar-refractivity contribution in [1.29, 1.82) is 0 Å². The summed E-state index contributed by atoms with van der Waals surface area (Å²) in [4.78, 5) is 0. The molecule has 0 bridgehead atoms. The van der Waals surface area contributed by atoms with Gasteiger partial charge in [0.15, 0.2) is 0 Å². The number of aliphatic hydroxyl groups is 1. The van der Waals surface area contributed by atoms with Gasteiger partial charge in [0, 0.05) is 16.7 Å². The molecule has 2 N–H and O–H groups in total. The minimum absolute atomic E-state index is 0.447. The molecule has 0 aliphatic carbocycles. The molecular weight excluding hydrogens is 318 g/mol. The van der Waals surface area contributed by atoms with E-state index in [4.69, 9.17) is 4.74 Å². The van der Waals surface area contributed by atoms with E-state index in [0.29, 0.717) is 6.54 Å². The van der Waals surface area contributed by atoms with Crippen LogP contribution in [0.1, 0.15) is 17.2 Å². The molecule has 0 aromatic heterocycles. The summed E-state index contributed by atoms with van der Waals surface area (Å²) < 4.78 is 6.19. The minimum atomic E-state index is -0.579. The Kier molecular flexibility index (Phi) is 5.04. The summed E-state index contributed by atoms with van der Waals surface area (Å²) >= 11 is 3.46. The minimum Gasteiger partial charge on any atom is -0.497 e. The monoisotopic (exact) mass is 335 g/mol. The average Bonchev–Trinajstić information content (AvgIpc) is 2.44. The molecule has 2 aromatic rings. The topological polar surface area (TPSA) is 41.5 Å². The van der Waals surface area contributed by atoms with E-state index in [2.05, 4.69) is 21.2 Å². The van der Waals surface area contributed by atoms with Crippen LogP contribution >= 0.6 is 15.9 Å². The number of benzene rings is 2. The number of ether oxygens (including phenoxy) is 1. The zero-order valence-corrected chi connectivity index (χ0v) is 13.1. The van der Waals surface area contributed by atoms with Crippen molar-refractivity contribution in [2.45, 2.75) is 13.0 Å². The van der Waals surface area contributed by atoms with Crippen LogP contribution in [-0.4, -0.2) is 18.8 Å². The summed E-state index contributed by atoms with van der Waals surface area (Å²) in [5.41, 5.74) is 2.99. The summed E-state index contributed by atoms with van der Waals surface area (Å²) in [5, 5.41) is 13.5. The van der Waals surface area contributed by atoms with Crippen molar-refractivity contribution in [3.63, 3.8) is 0 Å². The van der Waals surface area contributed by atoms with E-state index in [1.165, 1.54) is 0 Å². The van der Waals surface area contributed by atoms with Crippen molar-refractivity contribution in [2.75, 3.05) is 19.0 Å². The molecule has 0 aliphatic heterocycles. The summed E-state index contributed by atoms with van der Waals surface area (Å²) in [6.45, 7) is 2.48. The van der Waals surface area contributed by atoms with Gasteiger partial charge in [-0.2, -0.15) is 0 Å². The van der Waals surface area contributed by atoms with E-state index in [1.54, 1.807) is 7.11 Å². The van der Waals surface area contributed by atoms with E-state index >= 15 is 0 Å². The van der Waals surface area contributed by atoms with Gasteiger partial charge in [0.2, 0.25) is 0 Å². The lowest BCUT2D eigenvalue weighted by Crippen LogP contribution is -2.12. The van der Waals surface area contributed by atoms with E-state index < -0.39 is 6.10 Å². The molecule has 4 heteroatoms. The molecule has 0 amide bonds. The third kappa shape index (κ3) is 3.99. The van der Waals surface area contributed by atoms with Crippen LogP contribution < -0.4 is 10.1 Å². The van der Waals surface area contributed by atoms with Crippen molar-refractivity contribution in [3.05, 3.63) is 58.1 Å². The first kappa shape index (κ1) is 14.9. The molecule has 0 fully saturated rings.